The van der Waals surface area contributed by atoms with Crippen LogP contribution in [0.5, 0.6) is 5.75 Å². The van der Waals surface area contributed by atoms with Crippen molar-refractivity contribution in [1.82, 2.24) is 9.80 Å². The lowest BCUT2D eigenvalue weighted by molar-refractivity contribution is -0.136. The molecule has 2 amide bonds. The third kappa shape index (κ3) is 6.32. The van der Waals surface area contributed by atoms with Crippen molar-refractivity contribution in [3.63, 3.8) is 0 Å². The SMILES string of the molecule is CC(C)Oc1ccccc1NC(=O)CC(=O)N1CCN(Cc2ccccc2)CC1. The van der Waals surface area contributed by atoms with Crippen molar-refractivity contribution in [1.29, 1.82) is 0 Å². The fourth-order valence-electron chi connectivity index (χ4n) is 3.37. The Morgan fingerprint density at radius 1 is 0.966 bits per heavy atom. The maximum absolute atomic E-state index is 12.5. The Bertz CT molecular complexity index is 815. The molecule has 1 aliphatic rings. The van der Waals surface area contributed by atoms with Gasteiger partial charge < -0.3 is 15.0 Å². The maximum Gasteiger partial charge on any atom is 0.233 e. The summed E-state index contributed by atoms with van der Waals surface area (Å²) in [6.45, 7) is 7.66. The van der Waals surface area contributed by atoms with Crippen LogP contribution in [0.25, 0.3) is 0 Å². The van der Waals surface area contributed by atoms with Crippen molar-refractivity contribution < 1.29 is 14.3 Å². The monoisotopic (exact) mass is 395 g/mol. The van der Waals surface area contributed by atoms with Gasteiger partial charge >= 0.3 is 0 Å². The Morgan fingerprint density at radius 3 is 2.31 bits per heavy atom. The van der Waals surface area contributed by atoms with Gasteiger partial charge in [0, 0.05) is 32.7 Å². The van der Waals surface area contributed by atoms with Crippen LogP contribution in [0.1, 0.15) is 25.8 Å². The van der Waals surface area contributed by atoms with Gasteiger partial charge in [0.2, 0.25) is 11.8 Å². The summed E-state index contributed by atoms with van der Waals surface area (Å²) < 4.78 is 5.71. The third-order valence-electron chi connectivity index (χ3n) is 4.81. The number of hydrogen-bond acceptors (Lipinski definition) is 4. The second-order valence-electron chi connectivity index (χ2n) is 7.53. The summed E-state index contributed by atoms with van der Waals surface area (Å²) in [7, 11) is 0. The zero-order chi connectivity index (χ0) is 20.6. The zero-order valence-corrected chi connectivity index (χ0v) is 17.1. The van der Waals surface area contributed by atoms with Crippen molar-refractivity contribution >= 4 is 17.5 Å². The third-order valence-corrected chi connectivity index (χ3v) is 4.81. The van der Waals surface area contributed by atoms with Gasteiger partial charge in [0.05, 0.1) is 11.8 Å². The van der Waals surface area contributed by atoms with Gasteiger partial charge in [-0.05, 0) is 31.5 Å². The highest BCUT2D eigenvalue weighted by atomic mass is 16.5. The van der Waals surface area contributed by atoms with Crippen molar-refractivity contribution in [3.05, 3.63) is 60.2 Å². The smallest absolute Gasteiger partial charge is 0.233 e. The van der Waals surface area contributed by atoms with Gasteiger partial charge in [-0.25, -0.2) is 0 Å². The van der Waals surface area contributed by atoms with E-state index in [2.05, 4.69) is 22.3 Å². The Hall–Kier alpha value is -2.86. The zero-order valence-electron chi connectivity index (χ0n) is 17.1. The van der Waals surface area contributed by atoms with Crippen LogP contribution in [-0.2, 0) is 16.1 Å². The first-order valence-corrected chi connectivity index (χ1v) is 10.1. The van der Waals surface area contributed by atoms with Crippen molar-refractivity contribution in [2.45, 2.75) is 32.9 Å². The predicted molar refractivity (Wildman–Crippen MR) is 114 cm³/mol. The van der Waals surface area contributed by atoms with Gasteiger partial charge in [-0.3, -0.25) is 14.5 Å². The highest BCUT2D eigenvalue weighted by molar-refractivity contribution is 6.04. The number of amides is 2. The number of piperazine rings is 1. The number of rotatable bonds is 7. The van der Waals surface area contributed by atoms with E-state index in [9.17, 15) is 9.59 Å². The summed E-state index contributed by atoms with van der Waals surface area (Å²) in [6, 6.07) is 17.6. The molecule has 0 saturated carbocycles. The molecule has 0 atom stereocenters. The second-order valence-corrected chi connectivity index (χ2v) is 7.53. The largest absolute Gasteiger partial charge is 0.489 e. The van der Waals surface area contributed by atoms with Gasteiger partial charge in [0.25, 0.3) is 0 Å². The van der Waals surface area contributed by atoms with E-state index < -0.39 is 0 Å². The Balaban J connectivity index is 1.47. The molecule has 0 radical (unpaired) electrons. The Morgan fingerprint density at radius 2 is 1.62 bits per heavy atom. The highest BCUT2D eigenvalue weighted by Gasteiger charge is 2.23. The standard InChI is InChI=1S/C23H29N3O3/c1-18(2)29-21-11-7-6-10-20(21)24-22(27)16-23(28)26-14-12-25(13-15-26)17-19-8-4-3-5-9-19/h3-11,18H,12-17H2,1-2H3,(H,24,27). The molecular weight excluding hydrogens is 366 g/mol. The van der Waals surface area contributed by atoms with Crippen molar-refractivity contribution in [2.75, 3.05) is 31.5 Å². The summed E-state index contributed by atoms with van der Waals surface area (Å²) >= 11 is 0. The number of nitrogens with one attached hydrogen (secondary N) is 1. The average molecular weight is 396 g/mol. The summed E-state index contributed by atoms with van der Waals surface area (Å²) in [5.74, 6) is 0.156. The van der Waals surface area contributed by atoms with Gasteiger partial charge in [0.1, 0.15) is 12.2 Å². The molecular formula is C23H29N3O3. The lowest BCUT2D eigenvalue weighted by Gasteiger charge is -2.34. The first-order chi connectivity index (χ1) is 14.0. The number of anilines is 1. The number of benzene rings is 2. The van der Waals surface area contributed by atoms with Crippen LogP contribution in [-0.4, -0.2) is 53.9 Å². The van der Waals surface area contributed by atoms with Crippen LogP contribution >= 0.6 is 0 Å². The number of nitrogens with zero attached hydrogens (tertiary/aromatic N) is 2. The molecule has 0 bridgehead atoms. The summed E-state index contributed by atoms with van der Waals surface area (Å²) in [5, 5.41) is 2.81. The van der Waals surface area contributed by atoms with Crippen LogP contribution in [0, 0.1) is 0 Å². The quantitative estimate of drug-likeness (QED) is 0.732. The molecule has 29 heavy (non-hydrogen) atoms. The number of carbonyl (C=O) groups excluding carboxylic acids is 2. The topological polar surface area (TPSA) is 61.9 Å². The van der Waals surface area contributed by atoms with Gasteiger partial charge in [0.15, 0.2) is 0 Å². The molecule has 1 saturated heterocycles. The average Bonchev–Trinajstić information content (AvgIpc) is 2.70. The molecule has 6 nitrogen and oxygen atoms in total. The fraction of sp³-hybridized carbons (Fsp3) is 0.391. The first kappa shape index (κ1) is 20.9. The minimum atomic E-state index is -0.318. The normalized spacial score (nSPS) is 14.7. The van der Waals surface area contributed by atoms with Crippen molar-refractivity contribution in [2.24, 2.45) is 0 Å². The number of carbonyl (C=O) groups is 2. The first-order valence-electron chi connectivity index (χ1n) is 10.1. The number of para-hydroxylation sites is 2. The van der Waals surface area contributed by atoms with Crippen molar-refractivity contribution in [3.8, 4) is 5.75 Å². The van der Waals surface area contributed by atoms with Crippen LogP contribution in [0.3, 0.4) is 0 Å². The van der Waals surface area contributed by atoms with E-state index in [-0.39, 0.29) is 24.3 Å². The summed E-state index contributed by atoms with van der Waals surface area (Å²) in [6.07, 6.45) is -0.156. The van der Waals surface area contributed by atoms with E-state index in [0.717, 1.165) is 19.6 Å². The lowest BCUT2D eigenvalue weighted by Crippen LogP contribution is -2.48. The van der Waals surface area contributed by atoms with Crippen LogP contribution in [0.4, 0.5) is 5.69 Å². The molecule has 2 aromatic rings. The van der Waals surface area contributed by atoms with Gasteiger partial charge in [-0.1, -0.05) is 42.5 Å². The van der Waals surface area contributed by atoms with Crippen LogP contribution in [0.2, 0.25) is 0 Å². The van der Waals surface area contributed by atoms with E-state index in [1.807, 2.05) is 50.2 Å². The molecule has 0 unspecified atom stereocenters. The van der Waals surface area contributed by atoms with E-state index in [4.69, 9.17) is 4.74 Å². The Labute approximate surface area is 172 Å². The molecule has 2 aromatic carbocycles. The van der Waals surface area contributed by atoms with E-state index in [1.165, 1.54) is 5.56 Å². The molecule has 1 heterocycles. The molecule has 3 rings (SSSR count). The van der Waals surface area contributed by atoms with Gasteiger partial charge in [-0.2, -0.15) is 0 Å². The van der Waals surface area contributed by atoms with Crippen LogP contribution in [0.15, 0.2) is 54.6 Å². The molecule has 6 heteroatoms. The molecule has 0 aliphatic carbocycles. The molecule has 1 aliphatic heterocycles. The maximum atomic E-state index is 12.5. The number of hydrogen-bond donors (Lipinski definition) is 1. The van der Waals surface area contributed by atoms with Gasteiger partial charge in [-0.15, -0.1) is 0 Å². The van der Waals surface area contributed by atoms with E-state index in [1.54, 1.807) is 11.0 Å². The summed E-state index contributed by atoms with van der Waals surface area (Å²) in [5.41, 5.74) is 1.86. The molecule has 154 valence electrons. The highest BCUT2D eigenvalue weighted by Crippen LogP contribution is 2.25. The van der Waals surface area contributed by atoms with E-state index >= 15 is 0 Å². The second kappa shape index (κ2) is 10.1. The van der Waals surface area contributed by atoms with E-state index in [0.29, 0.717) is 24.5 Å². The minimum Gasteiger partial charge on any atom is -0.489 e. The fourth-order valence-corrected chi connectivity index (χ4v) is 3.37. The Kier molecular flexibility index (Phi) is 7.25. The van der Waals surface area contributed by atoms with Crippen LogP contribution < -0.4 is 10.1 Å². The predicted octanol–water partition coefficient (Wildman–Crippen LogP) is 3.15. The molecule has 0 aromatic heterocycles. The minimum absolute atomic E-state index is 0.00173. The molecule has 1 N–H and O–H groups in total. The molecule has 0 spiro atoms. The lowest BCUT2D eigenvalue weighted by atomic mass is 10.2. The number of ether oxygens (including phenoxy) is 1. The summed E-state index contributed by atoms with van der Waals surface area (Å²) in [4.78, 5) is 29.0. The molecule has 1 fully saturated rings.